The molecule has 2 heteroatoms. The average Bonchev–Trinajstić information content (AvgIpc) is 2.21. The van der Waals surface area contributed by atoms with E-state index in [1.807, 2.05) is 0 Å². The first-order valence-corrected chi connectivity index (χ1v) is 6.31. The summed E-state index contributed by atoms with van der Waals surface area (Å²) >= 11 is 2.12. The van der Waals surface area contributed by atoms with Gasteiger partial charge in [0, 0.05) is 6.61 Å². The van der Waals surface area contributed by atoms with Gasteiger partial charge in [-0.2, -0.15) is 11.8 Å². The van der Waals surface area contributed by atoms with E-state index in [0.717, 1.165) is 12.5 Å². The summed E-state index contributed by atoms with van der Waals surface area (Å²) in [7, 11) is 0. The Morgan fingerprint density at radius 3 is 2.75 bits per heavy atom. The molecule has 0 aromatic rings. The molecule has 0 aromatic carbocycles. The number of thioether (sulfide) groups is 1. The molecule has 0 amide bonds. The molecule has 70 valence electrons. The molecule has 2 heterocycles. The van der Waals surface area contributed by atoms with Crippen molar-refractivity contribution in [3.63, 3.8) is 0 Å². The summed E-state index contributed by atoms with van der Waals surface area (Å²) in [5.41, 5.74) is 0. The molecule has 0 saturated carbocycles. The molecule has 0 bridgehead atoms. The van der Waals surface area contributed by atoms with Gasteiger partial charge in [0.25, 0.3) is 0 Å². The van der Waals surface area contributed by atoms with Crippen molar-refractivity contribution in [1.29, 1.82) is 0 Å². The maximum Gasteiger partial charge on any atom is 0.0611 e. The molecule has 2 aliphatic heterocycles. The Kier molecular flexibility index (Phi) is 3.35. The lowest BCUT2D eigenvalue weighted by Crippen LogP contribution is -2.31. The van der Waals surface area contributed by atoms with Crippen LogP contribution in [0.5, 0.6) is 0 Å². The highest BCUT2D eigenvalue weighted by molar-refractivity contribution is 7.99. The quantitative estimate of drug-likeness (QED) is 0.622. The molecule has 0 aromatic heterocycles. The second-order valence-corrected chi connectivity index (χ2v) is 5.03. The molecular formula is C10H18OS. The summed E-state index contributed by atoms with van der Waals surface area (Å²) in [4.78, 5) is 0. The van der Waals surface area contributed by atoms with Gasteiger partial charge in [-0.3, -0.25) is 0 Å². The lowest BCUT2D eigenvalue weighted by Gasteiger charge is -2.32. The maximum absolute atomic E-state index is 5.80. The summed E-state index contributed by atoms with van der Waals surface area (Å²) in [6.07, 6.45) is 7.45. The van der Waals surface area contributed by atoms with E-state index in [4.69, 9.17) is 4.74 Å². The lowest BCUT2D eigenvalue weighted by molar-refractivity contribution is -0.0176. The monoisotopic (exact) mass is 186 g/mol. The zero-order chi connectivity index (χ0) is 8.23. The van der Waals surface area contributed by atoms with Gasteiger partial charge in [-0.25, -0.2) is 0 Å². The fraction of sp³-hybridized carbons (Fsp3) is 1.00. The number of rotatable bonds is 1. The minimum atomic E-state index is 0.617. The highest BCUT2D eigenvalue weighted by Gasteiger charge is 2.25. The van der Waals surface area contributed by atoms with Gasteiger partial charge in [-0.05, 0) is 49.5 Å². The Morgan fingerprint density at radius 2 is 2.08 bits per heavy atom. The Bertz CT molecular complexity index is 110. The molecule has 0 radical (unpaired) electrons. The van der Waals surface area contributed by atoms with Crippen LogP contribution >= 0.6 is 11.8 Å². The van der Waals surface area contributed by atoms with E-state index in [0.29, 0.717) is 6.10 Å². The fourth-order valence-corrected chi connectivity index (χ4v) is 3.42. The van der Waals surface area contributed by atoms with E-state index in [1.54, 1.807) is 0 Å². The third-order valence-electron chi connectivity index (χ3n) is 2.94. The normalized spacial score (nSPS) is 38.0. The van der Waals surface area contributed by atoms with E-state index in [-0.39, 0.29) is 0 Å². The first kappa shape index (κ1) is 8.89. The topological polar surface area (TPSA) is 9.23 Å². The first-order valence-electron chi connectivity index (χ1n) is 5.16. The van der Waals surface area contributed by atoms with Crippen molar-refractivity contribution < 1.29 is 4.74 Å². The van der Waals surface area contributed by atoms with Crippen LogP contribution in [0.2, 0.25) is 0 Å². The van der Waals surface area contributed by atoms with Gasteiger partial charge >= 0.3 is 0 Å². The van der Waals surface area contributed by atoms with Crippen molar-refractivity contribution in [1.82, 2.24) is 0 Å². The molecule has 1 nitrogen and oxygen atoms in total. The highest BCUT2D eigenvalue weighted by Crippen LogP contribution is 2.30. The van der Waals surface area contributed by atoms with Crippen molar-refractivity contribution in [3.05, 3.63) is 0 Å². The second kappa shape index (κ2) is 4.52. The molecule has 2 fully saturated rings. The summed E-state index contributed by atoms with van der Waals surface area (Å²) in [6.45, 7) is 1.02. The largest absolute Gasteiger partial charge is 0.378 e. The molecule has 12 heavy (non-hydrogen) atoms. The van der Waals surface area contributed by atoms with Crippen molar-refractivity contribution in [3.8, 4) is 0 Å². The van der Waals surface area contributed by atoms with E-state index >= 15 is 0 Å². The predicted molar refractivity (Wildman–Crippen MR) is 53.6 cm³/mol. The van der Waals surface area contributed by atoms with Crippen LogP contribution in [0.4, 0.5) is 0 Å². The predicted octanol–water partition coefficient (Wildman–Crippen LogP) is 2.70. The fourth-order valence-electron chi connectivity index (χ4n) is 2.20. The Labute approximate surface area is 79.2 Å². The minimum Gasteiger partial charge on any atom is -0.378 e. The van der Waals surface area contributed by atoms with Crippen LogP contribution in [0.15, 0.2) is 0 Å². The summed E-state index contributed by atoms with van der Waals surface area (Å²) in [5.74, 6) is 3.61. The van der Waals surface area contributed by atoms with Gasteiger partial charge in [0.1, 0.15) is 0 Å². The molecule has 2 saturated heterocycles. The van der Waals surface area contributed by atoms with E-state index < -0.39 is 0 Å². The molecular weight excluding hydrogens is 168 g/mol. The van der Waals surface area contributed by atoms with Gasteiger partial charge in [-0.15, -0.1) is 0 Å². The third kappa shape index (κ3) is 2.17. The first-order chi connectivity index (χ1) is 5.97. The average molecular weight is 186 g/mol. The molecule has 2 atom stereocenters. The zero-order valence-corrected chi connectivity index (χ0v) is 8.44. The van der Waals surface area contributed by atoms with Crippen LogP contribution in [0.3, 0.4) is 0 Å². The van der Waals surface area contributed by atoms with Crippen LogP contribution < -0.4 is 0 Å². The SMILES string of the molecule is C1CCC(C2CCCSC2)OC1. The smallest absolute Gasteiger partial charge is 0.0611 e. The molecule has 0 N–H and O–H groups in total. The van der Waals surface area contributed by atoms with E-state index in [2.05, 4.69) is 11.8 Å². The summed E-state index contributed by atoms with van der Waals surface area (Å²) in [6, 6.07) is 0. The van der Waals surface area contributed by atoms with Gasteiger partial charge in [-0.1, -0.05) is 0 Å². The molecule has 2 aliphatic rings. The third-order valence-corrected chi connectivity index (χ3v) is 4.18. The number of hydrogen-bond donors (Lipinski definition) is 0. The maximum atomic E-state index is 5.80. The van der Waals surface area contributed by atoms with Crippen LogP contribution in [0, 0.1) is 5.92 Å². The van der Waals surface area contributed by atoms with E-state index in [9.17, 15) is 0 Å². The zero-order valence-electron chi connectivity index (χ0n) is 7.63. The van der Waals surface area contributed by atoms with Crippen LogP contribution in [-0.4, -0.2) is 24.2 Å². The number of hydrogen-bond acceptors (Lipinski definition) is 2. The number of ether oxygens (including phenoxy) is 1. The second-order valence-electron chi connectivity index (χ2n) is 3.88. The minimum absolute atomic E-state index is 0.617. The van der Waals surface area contributed by atoms with Crippen molar-refractivity contribution in [2.45, 2.75) is 38.2 Å². The molecule has 2 rings (SSSR count). The molecule has 0 spiro atoms. The van der Waals surface area contributed by atoms with Gasteiger partial charge in [0.15, 0.2) is 0 Å². The molecule has 0 aliphatic carbocycles. The van der Waals surface area contributed by atoms with Crippen LogP contribution in [0.25, 0.3) is 0 Å². The Morgan fingerprint density at radius 1 is 1.08 bits per heavy atom. The van der Waals surface area contributed by atoms with Crippen molar-refractivity contribution in [2.75, 3.05) is 18.1 Å². The summed E-state index contributed by atoms with van der Waals surface area (Å²) in [5, 5.41) is 0. The van der Waals surface area contributed by atoms with Crippen molar-refractivity contribution in [2.24, 2.45) is 5.92 Å². The Hall–Kier alpha value is 0.310. The van der Waals surface area contributed by atoms with Crippen molar-refractivity contribution >= 4 is 11.8 Å². The van der Waals surface area contributed by atoms with Gasteiger partial charge in [0.05, 0.1) is 6.10 Å². The standard InChI is InChI=1S/C10H18OS/c1-2-6-11-10(5-1)9-4-3-7-12-8-9/h9-10H,1-8H2. The van der Waals surface area contributed by atoms with Gasteiger partial charge in [0.2, 0.25) is 0 Å². The summed E-state index contributed by atoms with van der Waals surface area (Å²) < 4.78 is 5.80. The lowest BCUT2D eigenvalue weighted by atomic mass is 9.93. The van der Waals surface area contributed by atoms with Crippen LogP contribution in [-0.2, 0) is 4.74 Å². The Balaban J connectivity index is 1.80. The molecule has 2 unspecified atom stereocenters. The highest BCUT2D eigenvalue weighted by atomic mass is 32.2. The van der Waals surface area contributed by atoms with E-state index in [1.165, 1.54) is 43.6 Å². The van der Waals surface area contributed by atoms with Gasteiger partial charge < -0.3 is 4.74 Å². The van der Waals surface area contributed by atoms with Crippen LogP contribution in [0.1, 0.15) is 32.1 Å².